The van der Waals surface area contributed by atoms with Crippen LogP contribution < -0.4 is 4.74 Å². The Kier molecular flexibility index (Phi) is 5.51. The van der Waals surface area contributed by atoms with Crippen LogP contribution in [0.5, 0.6) is 5.75 Å². The van der Waals surface area contributed by atoms with Gasteiger partial charge in [-0.25, -0.2) is 9.79 Å². The van der Waals surface area contributed by atoms with E-state index >= 15 is 0 Å². The SMILES string of the molecule is CCC(=O)Oc1cccc(/C=C2\N=C(c3ccc(I)c(C)c3)OC2=O)c1. The number of aryl methyl sites for hydroxylation is 1. The minimum Gasteiger partial charge on any atom is -0.427 e. The highest BCUT2D eigenvalue weighted by molar-refractivity contribution is 14.1. The monoisotopic (exact) mass is 461 g/mol. The highest BCUT2D eigenvalue weighted by atomic mass is 127. The zero-order valence-corrected chi connectivity index (χ0v) is 16.4. The van der Waals surface area contributed by atoms with Gasteiger partial charge in [-0.1, -0.05) is 19.1 Å². The molecule has 1 aliphatic heterocycles. The molecule has 0 N–H and O–H groups in total. The smallest absolute Gasteiger partial charge is 0.363 e. The van der Waals surface area contributed by atoms with E-state index in [4.69, 9.17) is 9.47 Å². The molecule has 2 aromatic rings. The lowest BCUT2D eigenvalue weighted by Crippen LogP contribution is -2.06. The van der Waals surface area contributed by atoms with Crippen LogP contribution in [-0.4, -0.2) is 17.8 Å². The predicted molar refractivity (Wildman–Crippen MR) is 107 cm³/mol. The van der Waals surface area contributed by atoms with Crippen molar-refractivity contribution in [2.24, 2.45) is 4.99 Å². The van der Waals surface area contributed by atoms with E-state index < -0.39 is 5.97 Å². The van der Waals surface area contributed by atoms with Crippen LogP contribution in [0, 0.1) is 10.5 Å². The predicted octanol–water partition coefficient (Wildman–Crippen LogP) is 4.26. The third-order valence-corrected chi connectivity index (χ3v) is 4.92. The third kappa shape index (κ3) is 4.19. The minimum atomic E-state index is -0.507. The average molecular weight is 461 g/mol. The maximum absolute atomic E-state index is 12.1. The van der Waals surface area contributed by atoms with Crippen LogP contribution in [0.3, 0.4) is 0 Å². The van der Waals surface area contributed by atoms with Gasteiger partial charge < -0.3 is 9.47 Å². The minimum absolute atomic E-state index is 0.204. The fourth-order valence-corrected chi connectivity index (χ4v) is 2.68. The molecule has 0 aliphatic carbocycles. The van der Waals surface area contributed by atoms with Gasteiger partial charge in [-0.3, -0.25) is 4.79 Å². The van der Waals surface area contributed by atoms with E-state index in [-0.39, 0.29) is 17.6 Å². The Bertz CT molecular complexity index is 947. The Morgan fingerprint density at radius 3 is 2.81 bits per heavy atom. The Morgan fingerprint density at radius 2 is 2.08 bits per heavy atom. The number of aliphatic imine (C=N–C) groups is 1. The molecule has 0 spiro atoms. The second-order valence-electron chi connectivity index (χ2n) is 5.70. The van der Waals surface area contributed by atoms with Crippen LogP contribution in [0.2, 0.25) is 0 Å². The highest BCUT2D eigenvalue weighted by Gasteiger charge is 2.24. The summed E-state index contributed by atoms with van der Waals surface area (Å²) in [6, 6.07) is 12.7. The van der Waals surface area contributed by atoms with Gasteiger partial charge in [-0.2, -0.15) is 0 Å². The number of nitrogens with zero attached hydrogens (tertiary/aromatic N) is 1. The van der Waals surface area contributed by atoms with E-state index in [0.717, 1.165) is 14.7 Å². The molecule has 0 atom stereocenters. The lowest BCUT2D eigenvalue weighted by molar-refractivity contribution is -0.134. The van der Waals surface area contributed by atoms with E-state index in [0.29, 0.717) is 17.7 Å². The number of hydrogen-bond donors (Lipinski definition) is 0. The van der Waals surface area contributed by atoms with Gasteiger partial charge in [-0.05, 0) is 77.0 Å². The van der Waals surface area contributed by atoms with E-state index in [1.54, 1.807) is 37.3 Å². The van der Waals surface area contributed by atoms with Crippen molar-refractivity contribution >= 4 is 46.5 Å². The van der Waals surface area contributed by atoms with Crippen molar-refractivity contribution < 1.29 is 19.1 Å². The molecule has 0 fully saturated rings. The van der Waals surface area contributed by atoms with Gasteiger partial charge in [-0.15, -0.1) is 0 Å². The molecule has 0 aromatic heterocycles. The van der Waals surface area contributed by atoms with Crippen molar-refractivity contribution in [2.75, 3.05) is 0 Å². The number of carbonyl (C=O) groups excluding carboxylic acids is 2. The molecule has 3 rings (SSSR count). The zero-order chi connectivity index (χ0) is 18.7. The molecular formula is C20H16INO4. The van der Waals surface area contributed by atoms with Gasteiger partial charge in [0.2, 0.25) is 5.90 Å². The van der Waals surface area contributed by atoms with Gasteiger partial charge in [0, 0.05) is 15.6 Å². The van der Waals surface area contributed by atoms with E-state index in [1.165, 1.54) is 0 Å². The van der Waals surface area contributed by atoms with Crippen molar-refractivity contribution in [3.05, 3.63) is 68.4 Å². The van der Waals surface area contributed by atoms with Crippen LogP contribution in [0.25, 0.3) is 6.08 Å². The Labute approximate surface area is 164 Å². The number of carbonyl (C=O) groups is 2. The number of halogens is 1. The average Bonchev–Trinajstić information content (AvgIpc) is 2.98. The molecular weight excluding hydrogens is 445 g/mol. The quantitative estimate of drug-likeness (QED) is 0.296. The second kappa shape index (κ2) is 7.82. The van der Waals surface area contributed by atoms with Crippen molar-refractivity contribution in [3.8, 4) is 5.75 Å². The molecule has 5 nitrogen and oxygen atoms in total. The summed E-state index contributed by atoms with van der Waals surface area (Å²) in [6.45, 7) is 3.72. The highest BCUT2D eigenvalue weighted by Crippen LogP contribution is 2.23. The van der Waals surface area contributed by atoms with E-state index in [9.17, 15) is 9.59 Å². The largest absolute Gasteiger partial charge is 0.427 e. The van der Waals surface area contributed by atoms with Crippen molar-refractivity contribution in [1.29, 1.82) is 0 Å². The molecule has 0 amide bonds. The summed E-state index contributed by atoms with van der Waals surface area (Å²) >= 11 is 2.25. The standard InChI is InChI=1S/C20H16INO4/c1-3-18(23)25-15-6-4-5-13(10-15)11-17-20(24)26-19(22-17)14-7-8-16(21)12(2)9-14/h4-11H,3H2,1-2H3/b17-11-. The fourth-order valence-electron chi connectivity index (χ4n) is 2.34. The Hall–Kier alpha value is -2.48. The number of hydrogen-bond acceptors (Lipinski definition) is 5. The summed E-state index contributed by atoms with van der Waals surface area (Å²) in [5.74, 6) is -0.110. The summed E-state index contributed by atoms with van der Waals surface area (Å²) < 4.78 is 11.6. The normalized spacial score (nSPS) is 15.0. The van der Waals surface area contributed by atoms with Crippen molar-refractivity contribution in [3.63, 3.8) is 0 Å². The summed E-state index contributed by atoms with van der Waals surface area (Å²) in [5.41, 5.74) is 2.74. The third-order valence-electron chi connectivity index (χ3n) is 3.71. The zero-order valence-electron chi connectivity index (χ0n) is 14.3. The number of rotatable bonds is 4. The van der Waals surface area contributed by atoms with Crippen LogP contribution in [0.1, 0.15) is 30.0 Å². The Morgan fingerprint density at radius 1 is 1.27 bits per heavy atom. The molecule has 0 saturated carbocycles. The number of cyclic esters (lactones) is 1. The second-order valence-corrected chi connectivity index (χ2v) is 6.86. The van der Waals surface area contributed by atoms with Gasteiger partial charge in [0.15, 0.2) is 5.70 Å². The number of benzene rings is 2. The maximum atomic E-state index is 12.1. The lowest BCUT2D eigenvalue weighted by atomic mass is 10.1. The van der Waals surface area contributed by atoms with Gasteiger partial charge in [0.1, 0.15) is 5.75 Å². The first-order chi connectivity index (χ1) is 12.5. The molecule has 0 unspecified atom stereocenters. The number of esters is 2. The molecule has 1 heterocycles. The Balaban J connectivity index is 1.87. The van der Waals surface area contributed by atoms with Gasteiger partial charge in [0.25, 0.3) is 0 Å². The summed E-state index contributed by atoms with van der Waals surface area (Å²) in [4.78, 5) is 27.8. The molecule has 0 saturated heterocycles. The first-order valence-corrected chi connectivity index (χ1v) is 9.14. The molecule has 0 radical (unpaired) electrons. The molecule has 2 aromatic carbocycles. The van der Waals surface area contributed by atoms with E-state index in [1.807, 2.05) is 25.1 Å². The van der Waals surface area contributed by atoms with Gasteiger partial charge >= 0.3 is 11.9 Å². The topological polar surface area (TPSA) is 65.0 Å². The fraction of sp³-hybridized carbons (Fsp3) is 0.150. The van der Waals surface area contributed by atoms with Crippen LogP contribution >= 0.6 is 22.6 Å². The molecule has 1 aliphatic rings. The van der Waals surface area contributed by atoms with Crippen LogP contribution in [-0.2, 0) is 14.3 Å². The van der Waals surface area contributed by atoms with Gasteiger partial charge in [0.05, 0.1) is 0 Å². The maximum Gasteiger partial charge on any atom is 0.363 e. The first kappa shape index (κ1) is 18.3. The van der Waals surface area contributed by atoms with Crippen molar-refractivity contribution in [2.45, 2.75) is 20.3 Å². The van der Waals surface area contributed by atoms with E-state index in [2.05, 4.69) is 27.6 Å². The molecule has 0 bridgehead atoms. The molecule has 132 valence electrons. The molecule has 6 heteroatoms. The van der Waals surface area contributed by atoms with Crippen LogP contribution in [0.4, 0.5) is 0 Å². The first-order valence-electron chi connectivity index (χ1n) is 8.06. The van der Waals surface area contributed by atoms with Crippen molar-refractivity contribution in [1.82, 2.24) is 0 Å². The molecule has 26 heavy (non-hydrogen) atoms. The lowest BCUT2D eigenvalue weighted by Gasteiger charge is -2.03. The number of ether oxygens (including phenoxy) is 2. The summed E-state index contributed by atoms with van der Waals surface area (Å²) in [5, 5.41) is 0. The summed E-state index contributed by atoms with van der Waals surface area (Å²) in [7, 11) is 0. The van der Waals surface area contributed by atoms with Crippen LogP contribution in [0.15, 0.2) is 53.2 Å². The summed E-state index contributed by atoms with van der Waals surface area (Å²) in [6.07, 6.45) is 1.90.